The van der Waals surface area contributed by atoms with Crippen LogP contribution in [0.25, 0.3) is 0 Å². The van der Waals surface area contributed by atoms with E-state index in [4.69, 9.17) is 10.2 Å². The Kier molecular flexibility index (Phi) is 16.8. The summed E-state index contributed by atoms with van der Waals surface area (Å²) in [6, 6.07) is 0. The molecule has 0 spiro atoms. The smallest absolute Gasteiger partial charge is 0.249 e. The Morgan fingerprint density at radius 3 is 2.33 bits per heavy atom. The summed E-state index contributed by atoms with van der Waals surface area (Å²) in [4.78, 5) is 13.7. The van der Waals surface area contributed by atoms with Crippen LogP contribution >= 0.6 is 0 Å². The van der Waals surface area contributed by atoms with Crippen molar-refractivity contribution < 1.29 is 20.1 Å². The van der Waals surface area contributed by atoms with Gasteiger partial charge in [0.25, 0.3) is 0 Å². The number of allylic oxidation sites excluding steroid dienone is 3. The number of hydrogen-bond donors (Lipinski definition) is 3. The number of carbonyl (C=O) groups is 1. The first-order valence-electron chi connectivity index (χ1n) is 11.1. The zero-order valence-electron chi connectivity index (χ0n) is 19.2. The highest BCUT2D eigenvalue weighted by Crippen LogP contribution is 2.15. The monoisotopic (exact) mass is 419 g/mol. The van der Waals surface area contributed by atoms with E-state index in [0.29, 0.717) is 18.4 Å². The van der Waals surface area contributed by atoms with Gasteiger partial charge < -0.3 is 20.2 Å². The lowest BCUT2D eigenvalue weighted by Crippen LogP contribution is -2.36. The zero-order valence-corrected chi connectivity index (χ0v) is 19.2. The first-order chi connectivity index (χ1) is 14.4. The summed E-state index contributed by atoms with van der Waals surface area (Å²) in [6.45, 7) is 8.05. The average Bonchev–Trinajstić information content (AvgIpc) is 2.74. The third-order valence-electron chi connectivity index (χ3n) is 4.91. The predicted molar refractivity (Wildman–Crippen MR) is 124 cm³/mol. The van der Waals surface area contributed by atoms with Gasteiger partial charge in [-0.3, -0.25) is 4.79 Å². The third kappa shape index (κ3) is 12.6. The fraction of sp³-hybridized carbons (Fsp3) is 0.640. The van der Waals surface area contributed by atoms with Crippen molar-refractivity contribution >= 4 is 5.91 Å². The molecule has 0 aliphatic rings. The molecular weight excluding hydrogens is 378 g/mol. The average molecular weight is 420 g/mol. The Balaban J connectivity index is 4.45. The minimum atomic E-state index is -0.484. The summed E-state index contributed by atoms with van der Waals surface area (Å²) in [5, 5.41) is 28.4. The van der Waals surface area contributed by atoms with E-state index >= 15 is 0 Å². The van der Waals surface area contributed by atoms with Gasteiger partial charge in [0, 0.05) is 31.0 Å². The molecular formula is C25H41NO4. The van der Waals surface area contributed by atoms with Crippen molar-refractivity contribution in [3.8, 4) is 11.8 Å². The van der Waals surface area contributed by atoms with E-state index in [-0.39, 0.29) is 38.1 Å². The van der Waals surface area contributed by atoms with Crippen molar-refractivity contribution in [2.45, 2.75) is 72.3 Å². The molecule has 0 fully saturated rings. The summed E-state index contributed by atoms with van der Waals surface area (Å²) in [6.07, 6.45) is 13.1. The highest BCUT2D eigenvalue weighted by atomic mass is 16.3. The van der Waals surface area contributed by atoms with Crippen molar-refractivity contribution in [2.75, 3.05) is 26.3 Å². The molecule has 170 valence electrons. The first-order valence-corrected chi connectivity index (χ1v) is 11.1. The van der Waals surface area contributed by atoms with Crippen molar-refractivity contribution in [3.63, 3.8) is 0 Å². The van der Waals surface area contributed by atoms with Crippen LogP contribution in [0.2, 0.25) is 0 Å². The van der Waals surface area contributed by atoms with E-state index in [9.17, 15) is 9.90 Å². The standard InChI is InChI=1S/C25H41NO4/c1-5-6-7-11-14-21(2)24(29)22(3)15-12-9-8-10-13-16-23(4)25(30)26(17-19-27)18-20-28/h12,14-16,22,24,27-29H,5-7,10-11,13,17-20H2,1-4H3/b15-12+,21-14+,23-16+/t22-,24+/m1/s1. The number of unbranched alkanes of at least 4 members (excludes halogenated alkanes) is 4. The van der Waals surface area contributed by atoms with Crippen molar-refractivity contribution in [3.05, 3.63) is 35.5 Å². The van der Waals surface area contributed by atoms with Gasteiger partial charge in [-0.25, -0.2) is 0 Å². The quantitative estimate of drug-likeness (QED) is 0.174. The maximum absolute atomic E-state index is 12.2. The van der Waals surface area contributed by atoms with E-state index in [1.165, 1.54) is 17.7 Å². The van der Waals surface area contributed by atoms with Gasteiger partial charge in [-0.05, 0) is 44.8 Å². The van der Waals surface area contributed by atoms with Crippen LogP contribution in [-0.4, -0.2) is 58.5 Å². The minimum absolute atomic E-state index is 0.00511. The van der Waals surface area contributed by atoms with E-state index in [1.54, 1.807) is 13.0 Å². The number of aliphatic hydroxyl groups excluding tert-OH is 3. The van der Waals surface area contributed by atoms with Crippen molar-refractivity contribution in [1.82, 2.24) is 4.90 Å². The Morgan fingerprint density at radius 1 is 1.07 bits per heavy atom. The van der Waals surface area contributed by atoms with Gasteiger partial charge in [0.15, 0.2) is 0 Å². The largest absolute Gasteiger partial charge is 0.395 e. The summed E-state index contributed by atoms with van der Waals surface area (Å²) in [5.41, 5.74) is 1.60. The van der Waals surface area contributed by atoms with Gasteiger partial charge in [0.1, 0.15) is 0 Å². The highest BCUT2D eigenvalue weighted by molar-refractivity contribution is 5.92. The second kappa shape index (κ2) is 17.9. The molecule has 0 radical (unpaired) electrons. The predicted octanol–water partition coefficient (Wildman–Crippen LogP) is 3.61. The van der Waals surface area contributed by atoms with Gasteiger partial charge in [0.05, 0.1) is 19.3 Å². The molecule has 5 heteroatoms. The SMILES string of the molecule is CCCCC/C=C(\C)[C@H](O)[C@H](C)/C=C/C#CCC/C=C(\C)C(=O)N(CCO)CCO. The minimum Gasteiger partial charge on any atom is -0.395 e. The second-order valence-electron chi connectivity index (χ2n) is 7.59. The maximum Gasteiger partial charge on any atom is 0.249 e. The molecule has 0 unspecified atom stereocenters. The van der Waals surface area contributed by atoms with Gasteiger partial charge in [-0.1, -0.05) is 56.8 Å². The van der Waals surface area contributed by atoms with Crippen LogP contribution in [0.3, 0.4) is 0 Å². The number of nitrogens with zero attached hydrogens (tertiary/aromatic N) is 1. The van der Waals surface area contributed by atoms with Crippen molar-refractivity contribution in [2.24, 2.45) is 5.92 Å². The molecule has 0 saturated heterocycles. The van der Waals surface area contributed by atoms with Gasteiger partial charge >= 0.3 is 0 Å². The molecule has 0 aromatic rings. The van der Waals surface area contributed by atoms with Gasteiger partial charge in [-0.2, -0.15) is 0 Å². The van der Waals surface area contributed by atoms with Crippen LogP contribution in [0.1, 0.15) is 66.2 Å². The second-order valence-corrected chi connectivity index (χ2v) is 7.59. The summed E-state index contributed by atoms with van der Waals surface area (Å²) in [7, 11) is 0. The highest BCUT2D eigenvalue weighted by Gasteiger charge is 2.14. The Hall–Kier alpha value is -1.87. The van der Waals surface area contributed by atoms with E-state index < -0.39 is 6.10 Å². The molecule has 1 amide bonds. The third-order valence-corrected chi connectivity index (χ3v) is 4.91. The Labute approximate surface area is 183 Å². The van der Waals surface area contributed by atoms with E-state index in [0.717, 1.165) is 18.4 Å². The first kappa shape index (κ1) is 28.1. The number of carbonyl (C=O) groups excluding carboxylic acids is 1. The molecule has 5 nitrogen and oxygen atoms in total. The van der Waals surface area contributed by atoms with Crippen LogP contribution in [0.5, 0.6) is 0 Å². The zero-order chi connectivity index (χ0) is 22.8. The fourth-order valence-corrected chi connectivity index (χ4v) is 2.95. The summed E-state index contributed by atoms with van der Waals surface area (Å²) >= 11 is 0. The maximum atomic E-state index is 12.2. The topological polar surface area (TPSA) is 81.0 Å². The number of hydrogen-bond acceptors (Lipinski definition) is 4. The summed E-state index contributed by atoms with van der Waals surface area (Å²) < 4.78 is 0. The number of aliphatic hydroxyl groups is 3. The molecule has 0 heterocycles. The molecule has 0 saturated carbocycles. The van der Waals surface area contributed by atoms with Crippen LogP contribution in [-0.2, 0) is 4.79 Å². The van der Waals surface area contributed by atoms with Crippen LogP contribution < -0.4 is 0 Å². The molecule has 0 aliphatic carbocycles. The van der Waals surface area contributed by atoms with Crippen LogP contribution in [0.15, 0.2) is 35.5 Å². The molecule has 0 bridgehead atoms. The normalized spacial score (nSPS) is 14.4. The molecule has 0 rings (SSSR count). The van der Waals surface area contributed by atoms with Gasteiger partial charge in [-0.15, -0.1) is 0 Å². The lowest BCUT2D eigenvalue weighted by atomic mass is 9.96. The van der Waals surface area contributed by atoms with Gasteiger partial charge in [0.2, 0.25) is 5.91 Å². The lowest BCUT2D eigenvalue weighted by Gasteiger charge is -2.20. The Bertz CT molecular complexity index is 619. The number of amides is 1. The Morgan fingerprint density at radius 2 is 1.73 bits per heavy atom. The van der Waals surface area contributed by atoms with Crippen LogP contribution in [0.4, 0.5) is 0 Å². The molecule has 30 heavy (non-hydrogen) atoms. The summed E-state index contributed by atoms with van der Waals surface area (Å²) in [5.74, 6) is 5.86. The lowest BCUT2D eigenvalue weighted by molar-refractivity contribution is -0.128. The number of rotatable bonds is 14. The molecule has 0 aromatic heterocycles. The molecule has 3 N–H and O–H groups in total. The molecule has 0 aliphatic heterocycles. The molecule has 2 atom stereocenters. The van der Waals surface area contributed by atoms with Crippen molar-refractivity contribution in [1.29, 1.82) is 0 Å². The van der Waals surface area contributed by atoms with E-state index in [1.807, 2.05) is 26.0 Å². The fourth-order valence-electron chi connectivity index (χ4n) is 2.95. The molecule has 0 aromatic carbocycles. The van der Waals surface area contributed by atoms with Crippen LogP contribution in [0, 0.1) is 17.8 Å². The van der Waals surface area contributed by atoms with E-state index in [2.05, 4.69) is 24.8 Å².